The Balaban J connectivity index is 3.29. The van der Waals surface area contributed by atoms with Crippen LogP contribution in [0.25, 0.3) is 0 Å². The SMILES string of the molecule is COc1nc(C(F)F)cc(CO)c1OC. The Morgan fingerprint density at radius 1 is 1.40 bits per heavy atom. The highest BCUT2D eigenvalue weighted by Crippen LogP contribution is 2.32. The van der Waals surface area contributed by atoms with Gasteiger partial charge in [0.2, 0.25) is 0 Å². The van der Waals surface area contributed by atoms with Gasteiger partial charge < -0.3 is 14.6 Å². The Morgan fingerprint density at radius 3 is 2.47 bits per heavy atom. The second kappa shape index (κ2) is 4.88. The maximum atomic E-state index is 12.4. The smallest absolute Gasteiger partial charge is 0.280 e. The highest BCUT2D eigenvalue weighted by molar-refractivity contribution is 5.43. The molecule has 0 amide bonds. The van der Waals surface area contributed by atoms with Gasteiger partial charge in [0.1, 0.15) is 5.69 Å². The lowest BCUT2D eigenvalue weighted by atomic mass is 10.2. The molecule has 0 atom stereocenters. The van der Waals surface area contributed by atoms with Gasteiger partial charge in [0.15, 0.2) is 5.75 Å². The second-order valence-corrected chi connectivity index (χ2v) is 2.71. The van der Waals surface area contributed by atoms with E-state index >= 15 is 0 Å². The summed E-state index contributed by atoms with van der Waals surface area (Å²) in [6.45, 7) is -0.415. The molecule has 0 aliphatic heterocycles. The van der Waals surface area contributed by atoms with Gasteiger partial charge in [-0.05, 0) is 6.07 Å². The van der Waals surface area contributed by atoms with Crippen LogP contribution in [-0.4, -0.2) is 24.3 Å². The molecule has 1 aromatic heterocycles. The van der Waals surface area contributed by atoms with Crippen LogP contribution in [0.15, 0.2) is 6.07 Å². The molecule has 6 heteroatoms. The van der Waals surface area contributed by atoms with Crippen LogP contribution < -0.4 is 9.47 Å². The van der Waals surface area contributed by atoms with Gasteiger partial charge in [-0.25, -0.2) is 13.8 Å². The number of pyridine rings is 1. The summed E-state index contributed by atoms with van der Waals surface area (Å²) in [5, 5.41) is 8.97. The zero-order valence-electron chi connectivity index (χ0n) is 8.33. The third kappa shape index (κ3) is 2.33. The van der Waals surface area contributed by atoms with Crippen molar-refractivity contribution in [3.8, 4) is 11.6 Å². The fourth-order valence-corrected chi connectivity index (χ4v) is 1.17. The summed E-state index contributed by atoms with van der Waals surface area (Å²) >= 11 is 0. The van der Waals surface area contributed by atoms with E-state index < -0.39 is 18.7 Å². The number of aliphatic hydroxyl groups excluding tert-OH is 1. The maximum Gasteiger partial charge on any atom is 0.280 e. The highest BCUT2D eigenvalue weighted by atomic mass is 19.3. The number of alkyl halides is 2. The number of halogens is 2. The number of methoxy groups -OCH3 is 2. The van der Waals surface area contributed by atoms with Gasteiger partial charge in [-0.3, -0.25) is 0 Å². The van der Waals surface area contributed by atoms with Gasteiger partial charge in [0.05, 0.1) is 20.8 Å². The molecular formula is C9H11F2NO3. The first-order valence-electron chi connectivity index (χ1n) is 4.14. The van der Waals surface area contributed by atoms with Crippen molar-refractivity contribution in [3.05, 3.63) is 17.3 Å². The molecule has 0 aromatic carbocycles. The largest absolute Gasteiger partial charge is 0.491 e. The van der Waals surface area contributed by atoms with Crippen molar-refractivity contribution in [2.75, 3.05) is 14.2 Å². The van der Waals surface area contributed by atoms with Crippen molar-refractivity contribution < 1.29 is 23.4 Å². The number of ether oxygens (including phenoxy) is 2. The number of hydrogen-bond acceptors (Lipinski definition) is 4. The third-order valence-corrected chi connectivity index (χ3v) is 1.83. The minimum atomic E-state index is -2.71. The minimum Gasteiger partial charge on any atom is -0.491 e. The molecule has 0 aliphatic carbocycles. The van der Waals surface area contributed by atoms with Crippen LogP contribution >= 0.6 is 0 Å². The van der Waals surface area contributed by atoms with Crippen LogP contribution in [0, 0.1) is 0 Å². The number of nitrogens with zero attached hydrogens (tertiary/aromatic N) is 1. The molecule has 0 saturated carbocycles. The standard InChI is InChI=1S/C9H11F2NO3/c1-14-7-5(4-13)3-6(8(10)11)12-9(7)15-2/h3,8,13H,4H2,1-2H3. The van der Waals surface area contributed by atoms with E-state index in [1.165, 1.54) is 14.2 Å². The molecule has 1 N–H and O–H groups in total. The molecule has 84 valence electrons. The summed E-state index contributed by atoms with van der Waals surface area (Å²) in [6.07, 6.45) is -2.71. The van der Waals surface area contributed by atoms with Gasteiger partial charge in [0, 0.05) is 5.56 Å². The van der Waals surface area contributed by atoms with Crippen LogP contribution in [0.1, 0.15) is 17.7 Å². The van der Waals surface area contributed by atoms with E-state index in [9.17, 15) is 8.78 Å². The first kappa shape index (κ1) is 11.6. The molecule has 0 aliphatic rings. The van der Waals surface area contributed by atoms with E-state index in [1.54, 1.807) is 0 Å². The number of aromatic nitrogens is 1. The second-order valence-electron chi connectivity index (χ2n) is 2.71. The van der Waals surface area contributed by atoms with E-state index in [0.29, 0.717) is 0 Å². The van der Waals surface area contributed by atoms with Gasteiger partial charge in [0.25, 0.3) is 12.3 Å². The first-order chi connectivity index (χ1) is 7.13. The summed E-state index contributed by atoms with van der Waals surface area (Å²) in [5.41, 5.74) is -0.226. The Morgan fingerprint density at radius 2 is 2.07 bits per heavy atom. The van der Waals surface area contributed by atoms with Crippen molar-refractivity contribution in [1.29, 1.82) is 0 Å². The molecule has 15 heavy (non-hydrogen) atoms. The number of rotatable bonds is 4. The third-order valence-electron chi connectivity index (χ3n) is 1.83. The predicted molar refractivity (Wildman–Crippen MR) is 48.2 cm³/mol. The molecule has 1 aromatic rings. The Hall–Kier alpha value is -1.43. The maximum absolute atomic E-state index is 12.4. The van der Waals surface area contributed by atoms with Gasteiger partial charge in [-0.1, -0.05) is 0 Å². The van der Waals surface area contributed by atoms with E-state index in [2.05, 4.69) is 4.98 Å². The Bertz CT molecular complexity index is 319. The summed E-state index contributed by atoms with van der Waals surface area (Å²) in [4.78, 5) is 3.56. The predicted octanol–water partition coefficient (Wildman–Crippen LogP) is 1.53. The lowest BCUT2D eigenvalue weighted by molar-refractivity contribution is 0.144. The molecule has 0 radical (unpaired) electrons. The lowest BCUT2D eigenvalue weighted by Gasteiger charge is -2.12. The van der Waals surface area contributed by atoms with Gasteiger partial charge >= 0.3 is 0 Å². The van der Waals surface area contributed by atoms with Gasteiger partial charge in [-0.2, -0.15) is 0 Å². The van der Waals surface area contributed by atoms with Crippen molar-refractivity contribution in [3.63, 3.8) is 0 Å². The topological polar surface area (TPSA) is 51.6 Å². The molecule has 0 unspecified atom stereocenters. The van der Waals surface area contributed by atoms with E-state index in [4.69, 9.17) is 14.6 Å². The van der Waals surface area contributed by atoms with E-state index in [-0.39, 0.29) is 17.2 Å². The van der Waals surface area contributed by atoms with Crippen molar-refractivity contribution in [2.24, 2.45) is 0 Å². The summed E-state index contributed by atoms with van der Waals surface area (Å²) in [5.74, 6) is 0.115. The normalized spacial score (nSPS) is 10.5. The lowest BCUT2D eigenvalue weighted by Crippen LogP contribution is -2.02. The number of aliphatic hydroxyl groups is 1. The number of hydrogen-bond donors (Lipinski definition) is 1. The van der Waals surface area contributed by atoms with Gasteiger partial charge in [-0.15, -0.1) is 0 Å². The Labute approximate surface area is 85.5 Å². The zero-order chi connectivity index (χ0) is 11.4. The summed E-state index contributed by atoms with van der Waals surface area (Å²) in [6, 6.07) is 1.09. The average Bonchev–Trinajstić information content (AvgIpc) is 2.26. The van der Waals surface area contributed by atoms with E-state index in [0.717, 1.165) is 6.07 Å². The van der Waals surface area contributed by atoms with Crippen LogP contribution in [0.5, 0.6) is 11.6 Å². The molecule has 0 fully saturated rings. The summed E-state index contributed by atoms with van der Waals surface area (Å²) < 4.78 is 34.5. The van der Waals surface area contributed by atoms with Crippen molar-refractivity contribution in [1.82, 2.24) is 4.98 Å². The van der Waals surface area contributed by atoms with Crippen LogP contribution in [0.2, 0.25) is 0 Å². The molecule has 1 rings (SSSR count). The van der Waals surface area contributed by atoms with Crippen LogP contribution in [0.4, 0.5) is 8.78 Å². The van der Waals surface area contributed by atoms with E-state index in [1.807, 2.05) is 0 Å². The first-order valence-corrected chi connectivity index (χ1v) is 4.14. The monoisotopic (exact) mass is 219 g/mol. The fourth-order valence-electron chi connectivity index (χ4n) is 1.17. The molecule has 0 spiro atoms. The molecule has 0 saturated heterocycles. The fraction of sp³-hybridized carbons (Fsp3) is 0.444. The average molecular weight is 219 g/mol. The van der Waals surface area contributed by atoms with Crippen LogP contribution in [0.3, 0.4) is 0 Å². The zero-order valence-corrected chi connectivity index (χ0v) is 8.33. The molecule has 4 nitrogen and oxygen atoms in total. The highest BCUT2D eigenvalue weighted by Gasteiger charge is 2.18. The summed E-state index contributed by atoms with van der Waals surface area (Å²) in [7, 11) is 2.64. The Kier molecular flexibility index (Phi) is 3.79. The molecule has 1 heterocycles. The minimum absolute atomic E-state index is 0.0562. The van der Waals surface area contributed by atoms with Crippen molar-refractivity contribution in [2.45, 2.75) is 13.0 Å². The van der Waals surface area contributed by atoms with Crippen molar-refractivity contribution >= 4 is 0 Å². The quantitative estimate of drug-likeness (QED) is 0.834. The molecular weight excluding hydrogens is 208 g/mol. The van der Waals surface area contributed by atoms with Crippen LogP contribution in [-0.2, 0) is 6.61 Å². The molecule has 0 bridgehead atoms.